The number of hydrogen-bond acceptors (Lipinski definition) is 9. The molecule has 0 unspecified atom stereocenters. The van der Waals surface area contributed by atoms with Crippen LogP contribution in [-0.4, -0.2) is 58.3 Å². The summed E-state index contributed by atoms with van der Waals surface area (Å²) in [7, 11) is -3.62. The first kappa shape index (κ1) is 31.7. The summed E-state index contributed by atoms with van der Waals surface area (Å²) in [6.07, 6.45) is 0.773. The molecule has 0 bridgehead atoms. The summed E-state index contributed by atoms with van der Waals surface area (Å²) < 4.78 is 95.6. The van der Waals surface area contributed by atoms with Crippen molar-refractivity contribution in [1.82, 2.24) is 15.0 Å². The average molecular weight is 659 g/mol. The van der Waals surface area contributed by atoms with E-state index in [1.54, 1.807) is 24.3 Å². The highest BCUT2D eigenvalue weighted by molar-refractivity contribution is 7.92. The van der Waals surface area contributed by atoms with Crippen molar-refractivity contribution < 1.29 is 39.9 Å². The van der Waals surface area contributed by atoms with Crippen LogP contribution < -0.4 is 9.64 Å². The van der Waals surface area contributed by atoms with E-state index in [1.165, 1.54) is 44.9 Å². The second kappa shape index (κ2) is 10.7. The van der Waals surface area contributed by atoms with Crippen LogP contribution in [0, 0.1) is 18.3 Å². The van der Waals surface area contributed by atoms with Gasteiger partial charge in [0.15, 0.2) is 27.0 Å². The first-order chi connectivity index (χ1) is 21.4. The Balaban J connectivity index is 1.42. The third kappa shape index (κ3) is 5.14. The van der Waals surface area contributed by atoms with Gasteiger partial charge in [-0.3, -0.25) is 4.79 Å². The summed E-state index contributed by atoms with van der Waals surface area (Å²) in [5.41, 5.74) is -1.77. The van der Waals surface area contributed by atoms with Gasteiger partial charge in [0.05, 0.1) is 28.6 Å². The van der Waals surface area contributed by atoms with E-state index in [4.69, 9.17) is 15.6 Å². The molecule has 2 saturated heterocycles. The number of hydrogen-bond donors (Lipinski definition) is 0. The van der Waals surface area contributed by atoms with Crippen LogP contribution in [0.2, 0.25) is 0 Å². The summed E-state index contributed by atoms with van der Waals surface area (Å²) in [4.78, 5) is 26.1. The van der Waals surface area contributed by atoms with Crippen LogP contribution >= 0.6 is 0 Å². The van der Waals surface area contributed by atoms with Gasteiger partial charge in [-0.05, 0) is 39.0 Å². The predicted octanol–water partition coefficient (Wildman–Crippen LogP) is 5.78. The number of carbonyl (C=O) groups excluding carboxylic acids is 1. The van der Waals surface area contributed by atoms with Crippen molar-refractivity contribution in [3.63, 3.8) is 0 Å². The van der Waals surface area contributed by atoms with Crippen molar-refractivity contribution in [3.05, 3.63) is 53.5 Å². The lowest BCUT2D eigenvalue weighted by molar-refractivity contribution is -0.144. The van der Waals surface area contributed by atoms with Crippen molar-refractivity contribution in [1.29, 1.82) is 0 Å². The van der Waals surface area contributed by atoms with Gasteiger partial charge in [0.25, 0.3) is 0 Å². The van der Waals surface area contributed by atoms with Crippen LogP contribution in [0.5, 0.6) is 5.88 Å². The second-order valence-corrected chi connectivity index (χ2v) is 15.3. The standard InChI is InChI=1S/C32H30F4N4O5S/c1-6-19-11-22(31(33)16-30(4,5)46(42,43)15-17(31)2)28(37-13-19)44-20-12-23(18(3)41)40(14-20)27-26-25(38-29(39-27)32(34,35)36)21-9-7-8-10-24(21)45-26/h1,7-11,13,17,20,23H,12,14-16H2,2-5H3/t17-,20-,23-,31+/m0/s1. The number of sulfone groups is 1. The highest BCUT2D eigenvalue weighted by Crippen LogP contribution is 2.51. The maximum absolute atomic E-state index is 17.1. The third-order valence-corrected chi connectivity index (χ3v) is 11.7. The van der Waals surface area contributed by atoms with Gasteiger partial charge in [-0.15, -0.1) is 6.42 Å². The minimum atomic E-state index is -4.90. The number of alkyl halides is 4. The number of aromatic nitrogens is 3. The molecule has 242 valence electrons. The summed E-state index contributed by atoms with van der Waals surface area (Å²) in [5.74, 6) is -1.11. The molecule has 3 aromatic heterocycles. The number of furan rings is 1. The Morgan fingerprint density at radius 1 is 1.22 bits per heavy atom. The van der Waals surface area contributed by atoms with Gasteiger partial charge >= 0.3 is 6.18 Å². The zero-order valence-electron chi connectivity index (χ0n) is 25.4. The Morgan fingerprint density at radius 3 is 2.61 bits per heavy atom. The number of benzene rings is 1. The van der Waals surface area contributed by atoms with Crippen molar-refractivity contribution in [2.75, 3.05) is 17.2 Å². The fraction of sp³-hybridized carbons (Fsp3) is 0.438. The lowest BCUT2D eigenvalue weighted by Crippen LogP contribution is -2.51. The van der Waals surface area contributed by atoms with E-state index >= 15 is 4.39 Å². The fourth-order valence-corrected chi connectivity index (χ4v) is 8.24. The molecule has 2 aliphatic rings. The van der Waals surface area contributed by atoms with E-state index < -0.39 is 56.1 Å². The zero-order valence-corrected chi connectivity index (χ0v) is 26.2. The Hall–Kier alpha value is -4.25. The van der Waals surface area contributed by atoms with Crippen LogP contribution in [0.4, 0.5) is 23.4 Å². The lowest BCUT2D eigenvalue weighted by atomic mass is 9.78. The van der Waals surface area contributed by atoms with Gasteiger partial charge in [0.1, 0.15) is 22.9 Å². The van der Waals surface area contributed by atoms with Crippen LogP contribution in [0.3, 0.4) is 0 Å². The van der Waals surface area contributed by atoms with Crippen LogP contribution in [0.1, 0.15) is 57.5 Å². The van der Waals surface area contributed by atoms with Crippen molar-refractivity contribution in [2.24, 2.45) is 5.92 Å². The number of para-hydroxylation sites is 1. The third-order valence-electron chi connectivity index (χ3n) is 8.98. The smallest absolute Gasteiger partial charge is 0.451 e. The predicted molar refractivity (Wildman–Crippen MR) is 162 cm³/mol. The summed E-state index contributed by atoms with van der Waals surface area (Å²) >= 11 is 0. The average Bonchev–Trinajstić information content (AvgIpc) is 3.57. The molecule has 0 N–H and O–H groups in total. The number of ether oxygens (including phenoxy) is 1. The van der Waals surface area contributed by atoms with Gasteiger partial charge in [0.2, 0.25) is 11.7 Å². The topological polar surface area (TPSA) is 115 Å². The number of pyridine rings is 1. The van der Waals surface area contributed by atoms with Crippen molar-refractivity contribution in [3.8, 4) is 18.2 Å². The quantitative estimate of drug-likeness (QED) is 0.194. The Bertz CT molecular complexity index is 2040. The zero-order chi connectivity index (χ0) is 33.4. The van der Waals surface area contributed by atoms with Crippen molar-refractivity contribution in [2.45, 2.75) is 69.3 Å². The maximum atomic E-state index is 17.1. The van der Waals surface area contributed by atoms with Crippen LogP contribution in [-0.2, 0) is 26.5 Å². The molecule has 2 fully saturated rings. The van der Waals surface area contributed by atoms with E-state index in [-0.39, 0.29) is 59.1 Å². The Labute approximate surface area is 262 Å². The minimum Gasteiger partial charge on any atom is -0.472 e. The molecule has 1 aromatic carbocycles. The monoisotopic (exact) mass is 658 g/mol. The van der Waals surface area contributed by atoms with E-state index in [2.05, 4.69) is 20.9 Å². The van der Waals surface area contributed by atoms with Gasteiger partial charge in [-0.1, -0.05) is 25.0 Å². The number of carbonyl (C=O) groups is 1. The molecule has 0 radical (unpaired) electrons. The number of Topliss-reactive ketones (excluding diaryl/α,β-unsaturated/α-hetero) is 1. The molecular formula is C32H30F4N4O5S. The van der Waals surface area contributed by atoms with Gasteiger partial charge in [0, 0.05) is 35.9 Å². The number of ketones is 1. The van der Waals surface area contributed by atoms with Gasteiger partial charge in [-0.2, -0.15) is 13.2 Å². The molecule has 4 aromatic rings. The molecule has 0 aliphatic carbocycles. The summed E-state index contributed by atoms with van der Waals surface area (Å²) in [6.45, 7) is 5.59. The number of terminal acetylenes is 1. The summed E-state index contributed by atoms with van der Waals surface area (Å²) in [5, 5.41) is 0.347. The molecule has 9 nitrogen and oxygen atoms in total. The molecule has 6 rings (SSSR count). The molecule has 14 heteroatoms. The maximum Gasteiger partial charge on any atom is 0.451 e. The Kier molecular flexibility index (Phi) is 7.34. The normalized spacial score (nSPS) is 25.9. The molecule has 0 saturated carbocycles. The van der Waals surface area contributed by atoms with Crippen LogP contribution in [0.15, 0.2) is 40.9 Å². The van der Waals surface area contributed by atoms with Crippen LogP contribution in [0.25, 0.3) is 22.1 Å². The molecule has 5 heterocycles. The number of halogens is 4. The number of anilines is 1. The molecule has 4 atom stereocenters. The van der Waals surface area contributed by atoms with Gasteiger partial charge < -0.3 is 14.1 Å². The molecule has 0 spiro atoms. The number of rotatable bonds is 5. The highest BCUT2D eigenvalue weighted by atomic mass is 32.2. The SMILES string of the molecule is C#Cc1cnc(O[C@H]2C[C@@H](C(C)=O)N(c3nc(C(F)(F)F)nc4c3oc3ccccc34)C2)c([C@@]2(F)CC(C)(C)S(=O)(=O)C[C@@H]2C)c1. The minimum absolute atomic E-state index is 0.00906. The number of fused-ring (bicyclic) bond motifs is 3. The second-order valence-electron chi connectivity index (χ2n) is 12.6. The van der Waals surface area contributed by atoms with E-state index in [0.717, 1.165) is 0 Å². The van der Waals surface area contributed by atoms with E-state index in [1.807, 2.05) is 0 Å². The largest absolute Gasteiger partial charge is 0.472 e. The molecule has 46 heavy (non-hydrogen) atoms. The first-order valence-electron chi connectivity index (χ1n) is 14.5. The molecule has 0 amide bonds. The Morgan fingerprint density at radius 2 is 1.93 bits per heavy atom. The molecular weight excluding hydrogens is 628 g/mol. The van der Waals surface area contributed by atoms with E-state index in [0.29, 0.717) is 11.0 Å². The molecule has 2 aliphatic heterocycles. The van der Waals surface area contributed by atoms with E-state index in [9.17, 15) is 26.4 Å². The number of nitrogens with zero attached hydrogens (tertiary/aromatic N) is 4. The fourth-order valence-electron chi connectivity index (χ4n) is 6.43. The highest BCUT2D eigenvalue weighted by Gasteiger charge is 2.55. The lowest BCUT2D eigenvalue weighted by Gasteiger charge is -2.44. The van der Waals surface area contributed by atoms with Crippen molar-refractivity contribution >= 4 is 43.5 Å². The summed E-state index contributed by atoms with van der Waals surface area (Å²) in [6, 6.07) is 6.91. The first-order valence-corrected chi connectivity index (χ1v) is 16.2. The van der Waals surface area contributed by atoms with Gasteiger partial charge in [-0.25, -0.2) is 27.8 Å².